The molecule has 1 amide bonds. The highest BCUT2D eigenvalue weighted by Gasteiger charge is 2.22. The van der Waals surface area contributed by atoms with Crippen molar-refractivity contribution in [2.45, 2.75) is 18.7 Å². The number of nitrogens with zero attached hydrogens (tertiary/aromatic N) is 1. The Morgan fingerprint density at radius 2 is 1.76 bits per heavy atom. The van der Waals surface area contributed by atoms with Crippen LogP contribution in [0, 0.1) is 0 Å². The number of hydrogen-bond donors (Lipinski definition) is 2. The summed E-state index contributed by atoms with van der Waals surface area (Å²) in [6, 6.07) is 14.9. The standard InChI is InChI=1S/C24H27N3O5S/c1-4-27(5-2)22-14-10-19(25-24(28)15-13-21-7-6-16-32-21)17-23(22)33(29,30)26-18-8-11-20(31-3)12-9-18/h6-17,26H,4-5H2,1-3H3,(H,25,28)/b15-13+. The van der Waals surface area contributed by atoms with Gasteiger partial charge in [0.1, 0.15) is 16.4 Å². The van der Waals surface area contributed by atoms with Crippen LogP contribution >= 0.6 is 0 Å². The molecular formula is C24H27N3O5S. The van der Waals surface area contributed by atoms with Crippen molar-refractivity contribution < 1.29 is 22.4 Å². The summed E-state index contributed by atoms with van der Waals surface area (Å²) in [5.74, 6) is 0.747. The van der Waals surface area contributed by atoms with Crippen molar-refractivity contribution >= 4 is 39.1 Å². The highest BCUT2D eigenvalue weighted by molar-refractivity contribution is 7.92. The Hall–Kier alpha value is -3.72. The summed E-state index contributed by atoms with van der Waals surface area (Å²) in [5, 5.41) is 2.70. The molecule has 3 rings (SSSR count). The van der Waals surface area contributed by atoms with E-state index >= 15 is 0 Å². The molecule has 0 bridgehead atoms. The van der Waals surface area contributed by atoms with Crippen molar-refractivity contribution in [1.82, 2.24) is 0 Å². The maximum Gasteiger partial charge on any atom is 0.264 e. The molecule has 0 aliphatic carbocycles. The molecule has 1 heterocycles. The molecule has 0 aliphatic heterocycles. The summed E-state index contributed by atoms with van der Waals surface area (Å²) in [7, 11) is -2.41. The van der Waals surface area contributed by atoms with Crippen LogP contribution in [-0.4, -0.2) is 34.5 Å². The van der Waals surface area contributed by atoms with Gasteiger partial charge in [0.25, 0.3) is 10.0 Å². The molecule has 3 aromatic rings. The van der Waals surface area contributed by atoms with Crippen molar-refractivity contribution in [1.29, 1.82) is 0 Å². The van der Waals surface area contributed by atoms with Gasteiger partial charge >= 0.3 is 0 Å². The zero-order chi connectivity index (χ0) is 23.8. The van der Waals surface area contributed by atoms with Crippen molar-refractivity contribution in [2.24, 2.45) is 0 Å². The van der Waals surface area contributed by atoms with Gasteiger partial charge in [0.15, 0.2) is 0 Å². The Bertz CT molecular complexity index is 1200. The van der Waals surface area contributed by atoms with Crippen LogP contribution in [0.25, 0.3) is 6.08 Å². The van der Waals surface area contributed by atoms with E-state index in [0.717, 1.165) is 0 Å². The van der Waals surface area contributed by atoms with Gasteiger partial charge in [0.2, 0.25) is 5.91 Å². The van der Waals surface area contributed by atoms with Gasteiger partial charge in [-0.1, -0.05) is 0 Å². The Labute approximate surface area is 193 Å². The number of amides is 1. The first-order valence-corrected chi connectivity index (χ1v) is 11.9. The number of nitrogens with one attached hydrogen (secondary N) is 2. The molecule has 2 aromatic carbocycles. The minimum atomic E-state index is -3.95. The second kappa shape index (κ2) is 10.7. The number of rotatable bonds is 10. The molecule has 0 radical (unpaired) electrons. The van der Waals surface area contributed by atoms with E-state index in [1.54, 1.807) is 55.6 Å². The molecule has 1 aromatic heterocycles. The molecule has 0 saturated heterocycles. The van der Waals surface area contributed by atoms with Crippen LogP contribution in [0.3, 0.4) is 0 Å². The third-order valence-corrected chi connectivity index (χ3v) is 6.32. The SMILES string of the molecule is CCN(CC)c1ccc(NC(=O)/C=C/c2ccco2)cc1S(=O)(=O)Nc1ccc(OC)cc1. The predicted molar refractivity (Wildman–Crippen MR) is 130 cm³/mol. The Balaban J connectivity index is 1.91. The molecule has 174 valence electrons. The number of benzene rings is 2. The molecule has 9 heteroatoms. The molecule has 0 atom stereocenters. The zero-order valence-electron chi connectivity index (χ0n) is 18.7. The Morgan fingerprint density at radius 1 is 1.06 bits per heavy atom. The average Bonchev–Trinajstić information content (AvgIpc) is 3.33. The molecule has 2 N–H and O–H groups in total. The lowest BCUT2D eigenvalue weighted by molar-refractivity contribution is -0.111. The first kappa shape index (κ1) is 23.9. The number of furan rings is 1. The minimum absolute atomic E-state index is 0.0647. The second-order valence-electron chi connectivity index (χ2n) is 7.03. The van der Waals surface area contributed by atoms with Crippen molar-refractivity contribution in [3.05, 3.63) is 72.7 Å². The summed E-state index contributed by atoms with van der Waals surface area (Å²) in [5.41, 5.74) is 1.30. The van der Waals surface area contributed by atoms with Crippen LogP contribution in [0.15, 0.2) is 76.2 Å². The van der Waals surface area contributed by atoms with E-state index in [-0.39, 0.29) is 4.90 Å². The van der Waals surface area contributed by atoms with Crippen LogP contribution in [0.1, 0.15) is 19.6 Å². The molecule has 0 aliphatic rings. The number of carbonyl (C=O) groups is 1. The summed E-state index contributed by atoms with van der Waals surface area (Å²) >= 11 is 0. The van der Waals surface area contributed by atoms with Crippen molar-refractivity contribution in [3.8, 4) is 5.75 Å². The monoisotopic (exact) mass is 469 g/mol. The van der Waals surface area contributed by atoms with E-state index in [1.165, 1.54) is 24.5 Å². The zero-order valence-corrected chi connectivity index (χ0v) is 19.6. The molecule has 0 saturated carbocycles. The van der Waals surface area contributed by atoms with Gasteiger partial charge < -0.3 is 19.4 Å². The lowest BCUT2D eigenvalue weighted by atomic mass is 10.2. The molecule has 0 spiro atoms. The van der Waals surface area contributed by atoms with Gasteiger partial charge in [-0.15, -0.1) is 0 Å². The van der Waals surface area contributed by atoms with Gasteiger partial charge in [-0.05, 0) is 74.5 Å². The smallest absolute Gasteiger partial charge is 0.264 e. The predicted octanol–water partition coefficient (Wildman–Crippen LogP) is 4.59. The van der Waals surface area contributed by atoms with Gasteiger partial charge in [-0.3, -0.25) is 9.52 Å². The van der Waals surface area contributed by atoms with E-state index in [2.05, 4.69) is 10.0 Å². The van der Waals surface area contributed by atoms with Crippen LogP contribution in [-0.2, 0) is 14.8 Å². The number of sulfonamides is 1. The summed E-state index contributed by atoms with van der Waals surface area (Å²) in [6.45, 7) is 5.15. The summed E-state index contributed by atoms with van der Waals surface area (Å²) < 4.78 is 39.5. The number of hydrogen-bond acceptors (Lipinski definition) is 6. The second-order valence-corrected chi connectivity index (χ2v) is 8.68. The van der Waals surface area contributed by atoms with Crippen LogP contribution in [0.4, 0.5) is 17.1 Å². The first-order chi connectivity index (χ1) is 15.9. The van der Waals surface area contributed by atoms with Gasteiger partial charge in [-0.25, -0.2) is 8.42 Å². The quantitative estimate of drug-likeness (QED) is 0.421. The van der Waals surface area contributed by atoms with Crippen molar-refractivity contribution in [3.63, 3.8) is 0 Å². The van der Waals surface area contributed by atoms with E-state index in [0.29, 0.717) is 41.7 Å². The van der Waals surface area contributed by atoms with Crippen LogP contribution in [0.2, 0.25) is 0 Å². The third kappa shape index (κ3) is 6.17. The van der Waals surface area contributed by atoms with Crippen molar-refractivity contribution in [2.75, 3.05) is 35.1 Å². The lowest BCUT2D eigenvalue weighted by Gasteiger charge is -2.24. The number of ether oxygens (including phenoxy) is 1. The fraction of sp³-hybridized carbons (Fsp3) is 0.208. The Kier molecular flexibility index (Phi) is 7.78. The van der Waals surface area contributed by atoms with Gasteiger partial charge in [0, 0.05) is 30.5 Å². The lowest BCUT2D eigenvalue weighted by Crippen LogP contribution is -2.25. The van der Waals surface area contributed by atoms with Crippen LogP contribution in [0.5, 0.6) is 5.75 Å². The largest absolute Gasteiger partial charge is 0.497 e. The molecule has 0 fully saturated rings. The molecular weight excluding hydrogens is 442 g/mol. The maximum absolute atomic E-state index is 13.3. The molecule has 33 heavy (non-hydrogen) atoms. The fourth-order valence-corrected chi connectivity index (χ4v) is 4.54. The topological polar surface area (TPSA) is 101 Å². The number of methoxy groups -OCH3 is 1. The van der Waals surface area contributed by atoms with E-state index in [4.69, 9.17) is 9.15 Å². The van der Waals surface area contributed by atoms with Crippen LogP contribution < -0.4 is 19.7 Å². The maximum atomic E-state index is 13.3. The molecule has 0 unspecified atom stereocenters. The average molecular weight is 470 g/mol. The number of anilines is 3. The summed E-state index contributed by atoms with van der Waals surface area (Å²) in [6.07, 6.45) is 4.36. The first-order valence-electron chi connectivity index (χ1n) is 10.4. The fourth-order valence-electron chi connectivity index (χ4n) is 3.23. The van der Waals surface area contributed by atoms with E-state index < -0.39 is 15.9 Å². The van der Waals surface area contributed by atoms with E-state index in [9.17, 15) is 13.2 Å². The van der Waals surface area contributed by atoms with Gasteiger partial charge in [-0.2, -0.15) is 0 Å². The molecule has 8 nitrogen and oxygen atoms in total. The van der Waals surface area contributed by atoms with Gasteiger partial charge in [0.05, 0.1) is 19.1 Å². The highest BCUT2D eigenvalue weighted by Crippen LogP contribution is 2.30. The number of carbonyl (C=O) groups excluding carboxylic acids is 1. The normalized spacial score (nSPS) is 11.4. The Morgan fingerprint density at radius 3 is 2.36 bits per heavy atom. The third-order valence-electron chi connectivity index (χ3n) is 4.91. The minimum Gasteiger partial charge on any atom is -0.497 e. The van der Waals surface area contributed by atoms with E-state index in [1.807, 2.05) is 18.7 Å². The highest BCUT2D eigenvalue weighted by atomic mass is 32.2. The summed E-state index contributed by atoms with van der Waals surface area (Å²) in [4.78, 5) is 14.3.